The van der Waals surface area contributed by atoms with Gasteiger partial charge in [0.05, 0.1) is 6.42 Å². The minimum atomic E-state index is 0.0961. The van der Waals surface area contributed by atoms with Crippen LogP contribution in [0.5, 0.6) is 0 Å². The molecule has 0 heterocycles. The van der Waals surface area contributed by atoms with Crippen LogP contribution in [0.4, 0.5) is 0 Å². The van der Waals surface area contributed by atoms with E-state index in [0.717, 1.165) is 18.4 Å². The van der Waals surface area contributed by atoms with Gasteiger partial charge in [0.25, 0.3) is 0 Å². The summed E-state index contributed by atoms with van der Waals surface area (Å²) in [6.07, 6.45) is 2.68. The molecular formula is C15H22BrNO. The Balaban J connectivity index is 2.42. The van der Waals surface area contributed by atoms with Gasteiger partial charge in [-0.25, -0.2) is 0 Å². The van der Waals surface area contributed by atoms with Gasteiger partial charge in [-0.1, -0.05) is 47.5 Å². The Morgan fingerprint density at radius 1 is 1.33 bits per heavy atom. The Kier molecular flexibility index (Phi) is 6.41. The maximum absolute atomic E-state index is 11.8. The van der Waals surface area contributed by atoms with E-state index >= 15 is 0 Å². The van der Waals surface area contributed by atoms with Crippen LogP contribution in [0.3, 0.4) is 0 Å². The van der Waals surface area contributed by atoms with Gasteiger partial charge in [0, 0.05) is 11.4 Å². The molecule has 100 valence electrons. The quantitative estimate of drug-likeness (QED) is 0.800. The monoisotopic (exact) mass is 311 g/mol. The summed E-state index contributed by atoms with van der Waals surface area (Å²) in [4.78, 5) is 12.2. The van der Waals surface area contributed by atoms with Crippen molar-refractivity contribution in [1.82, 2.24) is 5.32 Å². The van der Waals surface area contributed by atoms with Crippen molar-refractivity contribution in [2.24, 2.45) is 0 Å². The minimum absolute atomic E-state index is 0.0961. The Morgan fingerprint density at radius 3 is 2.67 bits per heavy atom. The van der Waals surface area contributed by atoms with Crippen molar-refractivity contribution in [3.05, 3.63) is 34.9 Å². The van der Waals surface area contributed by atoms with E-state index in [0.29, 0.717) is 17.8 Å². The zero-order valence-corrected chi connectivity index (χ0v) is 13.0. The molecule has 2 nitrogen and oxygen atoms in total. The van der Waals surface area contributed by atoms with E-state index in [9.17, 15) is 4.79 Å². The van der Waals surface area contributed by atoms with E-state index in [-0.39, 0.29) is 5.91 Å². The molecule has 1 unspecified atom stereocenters. The molecule has 1 aromatic rings. The maximum Gasteiger partial charge on any atom is 0.224 e. The summed E-state index contributed by atoms with van der Waals surface area (Å²) in [7, 11) is 0. The zero-order valence-electron chi connectivity index (χ0n) is 11.4. The number of alkyl halides is 1. The van der Waals surface area contributed by atoms with Gasteiger partial charge in [-0.05, 0) is 37.0 Å². The normalized spacial score (nSPS) is 12.2. The van der Waals surface area contributed by atoms with E-state index in [1.165, 1.54) is 11.1 Å². The third-order valence-electron chi connectivity index (χ3n) is 3.06. The number of carbonyl (C=O) groups excluding carboxylic acids is 1. The van der Waals surface area contributed by atoms with Gasteiger partial charge in [-0.2, -0.15) is 0 Å². The van der Waals surface area contributed by atoms with Crippen LogP contribution in [-0.2, 0) is 11.2 Å². The Bertz CT molecular complexity index is 403. The summed E-state index contributed by atoms with van der Waals surface area (Å²) in [6.45, 7) is 7.01. The number of rotatable bonds is 6. The fourth-order valence-electron chi connectivity index (χ4n) is 1.80. The van der Waals surface area contributed by atoms with Crippen LogP contribution in [0.25, 0.3) is 0 Å². The molecule has 0 aliphatic carbocycles. The van der Waals surface area contributed by atoms with Gasteiger partial charge in [0.1, 0.15) is 0 Å². The van der Waals surface area contributed by atoms with Crippen LogP contribution in [0, 0.1) is 13.8 Å². The molecule has 0 saturated heterocycles. The number of hydrogen-bond acceptors (Lipinski definition) is 1. The summed E-state index contributed by atoms with van der Waals surface area (Å²) >= 11 is 3.56. The number of carbonyl (C=O) groups is 1. The molecule has 0 fully saturated rings. The topological polar surface area (TPSA) is 29.1 Å². The van der Waals surface area contributed by atoms with Crippen LogP contribution in [0.1, 0.15) is 36.5 Å². The van der Waals surface area contributed by atoms with Crippen molar-refractivity contribution in [1.29, 1.82) is 0 Å². The van der Waals surface area contributed by atoms with Gasteiger partial charge in [-0.3, -0.25) is 4.79 Å². The molecule has 3 heteroatoms. The number of aryl methyl sites for hydroxylation is 2. The summed E-state index contributed by atoms with van der Waals surface area (Å²) in [6, 6.07) is 6.19. The average molecular weight is 312 g/mol. The molecule has 1 N–H and O–H groups in total. The van der Waals surface area contributed by atoms with Crippen LogP contribution >= 0.6 is 15.9 Å². The second kappa shape index (κ2) is 7.57. The lowest BCUT2D eigenvalue weighted by molar-refractivity contribution is -0.120. The maximum atomic E-state index is 11.8. The number of benzene rings is 1. The van der Waals surface area contributed by atoms with Crippen molar-refractivity contribution in [3.63, 3.8) is 0 Å². The number of nitrogens with one attached hydrogen (secondary N) is 1. The Labute approximate surface area is 118 Å². The minimum Gasteiger partial charge on any atom is -0.355 e. The largest absolute Gasteiger partial charge is 0.355 e. The SMILES string of the molecule is CCCC(Br)CNC(=O)Cc1ccc(C)c(C)c1. The molecule has 0 spiro atoms. The summed E-state index contributed by atoms with van der Waals surface area (Å²) in [5.74, 6) is 0.0961. The molecule has 0 aliphatic heterocycles. The molecule has 0 bridgehead atoms. The lowest BCUT2D eigenvalue weighted by Gasteiger charge is -2.10. The number of amides is 1. The van der Waals surface area contributed by atoms with Gasteiger partial charge in [0.2, 0.25) is 5.91 Å². The molecule has 0 aliphatic rings. The molecule has 1 rings (SSSR count). The second-order valence-corrected chi connectivity index (χ2v) is 6.08. The smallest absolute Gasteiger partial charge is 0.224 e. The average Bonchev–Trinajstić information content (AvgIpc) is 2.32. The highest BCUT2D eigenvalue weighted by Gasteiger charge is 2.07. The fourth-order valence-corrected chi connectivity index (χ4v) is 2.42. The molecule has 1 aromatic carbocycles. The van der Waals surface area contributed by atoms with E-state index < -0.39 is 0 Å². The molecule has 0 radical (unpaired) electrons. The molecular weight excluding hydrogens is 290 g/mol. The highest BCUT2D eigenvalue weighted by Crippen LogP contribution is 2.10. The fraction of sp³-hybridized carbons (Fsp3) is 0.533. The number of hydrogen-bond donors (Lipinski definition) is 1. The van der Waals surface area contributed by atoms with E-state index in [1.807, 2.05) is 6.07 Å². The van der Waals surface area contributed by atoms with Crippen LogP contribution in [-0.4, -0.2) is 17.3 Å². The second-order valence-electron chi connectivity index (χ2n) is 4.79. The zero-order chi connectivity index (χ0) is 13.5. The third kappa shape index (κ3) is 5.21. The van der Waals surface area contributed by atoms with Crippen LogP contribution in [0.2, 0.25) is 0 Å². The molecule has 1 atom stereocenters. The highest BCUT2D eigenvalue weighted by molar-refractivity contribution is 9.09. The summed E-state index contributed by atoms with van der Waals surface area (Å²) < 4.78 is 0. The third-order valence-corrected chi connectivity index (χ3v) is 3.84. The lowest BCUT2D eigenvalue weighted by atomic mass is 10.0. The first-order valence-corrected chi connectivity index (χ1v) is 7.41. The number of halogens is 1. The van der Waals surface area contributed by atoms with Gasteiger partial charge >= 0.3 is 0 Å². The molecule has 18 heavy (non-hydrogen) atoms. The van der Waals surface area contributed by atoms with E-state index in [1.54, 1.807) is 0 Å². The van der Waals surface area contributed by atoms with Crippen molar-refractivity contribution in [2.75, 3.05) is 6.54 Å². The lowest BCUT2D eigenvalue weighted by Crippen LogP contribution is -2.30. The van der Waals surface area contributed by atoms with Gasteiger partial charge in [0.15, 0.2) is 0 Å². The van der Waals surface area contributed by atoms with E-state index in [4.69, 9.17) is 0 Å². The van der Waals surface area contributed by atoms with Crippen LogP contribution in [0.15, 0.2) is 18.2 Å². The Hall–Kier alpha value is -0.830. The first-order valence-electron chi connectivity index (χ1n) is 6.49. The highest BCUT2D eigenvalue weighted by atomic mass is 79.9. The summed E-state index contributed by atoms with van der Waals surface area (Å²) in [5, 5.41) is 2.96. The molecule has 0 saturated carbocycles. The molecule has 1 amide bonds. The molecule has 0 aromatic heterocycles. The predicted molar refractivity (Wildman–Crippen MR) is 80.3 cm³/mol. The van der Waals surface area contributed by atoms with Gasteiger partial charge in [-0.15, -0.1) is 0 Å². The first-order chi connectivity index (χ1) is 8.52. The predicted octanol–water partition coefficient (Wildman–Crippen LogP) is 3.53. The van der Waals surface area contributed by atoms with Crippen molar-refractivity contribution < 1.29 is 4.79 Å². The van der Waals surface area contributed by atoms with Crippen LogP contribution < -0.4 is 5.32 Å². The summed E-state index contributed by atoms with van der Waals surface area (Å²) in [5.41, 5.74) is 3.59. The van der Waals surface area contributed by atoms with Crippen molar-refractivity contribution in [3.8, 4) is 0 Å². The standard InChI is InChI=1S/C15H22BrNO/c1-4-5-14(16)10-17-15(18)9-13-7-6-11(2)12(3)8-13/h6-8,14H,4-5,9-10H2,1-3H3,(H,17,18). The Morgan fingerprint density at radius 2 is 2.06 bits per heavy atom. The first kappa shape index (κ1) is 15.2. The van der Waals surface area contributed by atoms with Crippen molar-refractivity contribution in [2.45, 2.75) is 44.9 Å². The van der Waals surface area contributed by atoms with E-state index in [2.05, 4.69) is 54.2 Å². The van der Waals surface area contributed by atoms with Gasteiger partial charge < -0.3 is 5.32 Å². The van der Waals surface area contributed by atoms with Crippen molar-refractivity contribution >= 4 is 21.8 Å².